The van der Waals surface area contributed by atoms with Gasteiger partial charge in [0.25, 0.3) is 0 Å². The standard InChI is InChI=1S/C11H14O.Zn/c1-2-4-10-5-3-6-11(9-12)8-7-10;/h3,5-9,11H,2,4H2,1H3;. The molecular formula is C11H14OZn. The van der Waals surface area contributed by atoms with E-state index in [1.165, 1.54) is 5.57 Å². The van der Waals surface area contributed by atoms with Gasteiger partial charge in [-0.05, 0) is 12.0 Å². The smallest absolute Gasteiger partial charge is 0.130 e. The van der Waals surface area contributed by atoms with Crippen molar-refractivity contribution in [1.82, 2.24) is 0 Å². The van der Waals surface area contributed by atoms with E-state index in [9.17, 15) is 4.79 Å². The summed E-state index contributed by atoms with van der Waals surface area (Å²) >= 11 is 0. The molecule has 2 heteroatoms. The van der Waals surface area contributed by atoms with E-state index in [0.29, 0.717) is 0 Å². The fraction of sp³-hybridized carbons (Fsp3) is 0.364. The molecule has 0 amide bonds. The number of aldehydes is 1. The normalized spacial score (nSPS) is 20.1. The van der Waals surface area contributed by atoms with E-state index in [1.54, 1.807) is 0 Å². The van der Waals surface area contributed by atoms with Crippen molar-refractivity contribution in [3.05, 3.63) is 36.0 Å². The zero-order valence-corrected chi connectivity index (χ0v) is 11.0. The first-order valence-corrected chi connectivity index (χ1v) is 4.37. The molecule has 1 aliphatic carbocycles. The van der Waals surface area contributed by atoms with Gasteiger partial charge in [0, 0.05) is 19.5 Å². The average molecular weight is 228 g/mol. The van der Waals surface area contributed by atoms with Crippen molar-refractivity contribution in [2.45, 2.75) is 19.8 Å². The molecule has 0 aromatic rings. The maximum atomic E-state index is 10.5. The Kier molecular flexibility index (Phi) is 6.71. The first-order valence-electron chi connectivity index (χ1n) is 4.37. The molecule has 1 rings (SSSR count). The number of carbonyl (C=O) groups excluding carboxylic acids is 1. The fourth-order valence-corrected chi connectivity index (χ4v) is 1.21. The van der Waals surface area contributed by atoms with E-state index in [0.717, 1.165) is 19.1 Å². The van der Waals surface area contributed by atoms with Crippen LogP contribution in [-0.2, 0) is 24.3 Å². The predicted octanol–water partition coefficient (Wildman–Crippen LogP) is 2.65. The van der Waals surface area contributed by atoms with Crippen LogP contribution in [0.15, 0.2) is 36.0 Å². The van der Waals surface area contributed by atoms with E-state index >= 15 is 0 Å². The van der Waals surface area contributed by atoms with Crippen molar-refractivity contribution in [3.8, 4) is 0 Å². The molecule has 0 aromatic carbocycles. The number of hydrogen-bond acceptors (Lipinski definition) is 1. The molecule has 0 N–H and O–H groups in total. The van der Waals surface area contributed by atoms with E-state index in [4.69, 9.17) is 0 Å². The van der Waals surface area contributed by atoms with Gasteiger partial charge in [-0.15, -0.1) is 0 Å². The van der Waals surface area contributed by atoms with Gasteiger partial charge in [-0.25, -0.2) is 0 Å². The molecule has 1 nitrogen and oxygen atoms in total. The van der Waals surface area contributed by atoms with Gasteiger partial charge in [0.15, 0.2) is 0 Å². The number of rotatable bonds is 3. The zero-order valence-electron chi connectivity index (χ0n) is 8.07. The molecule has 0 saturated carbocycles. The molecule has 0 aromatic heterocycles. The van der Waals surface area contributed by atoms with Gasteiger partial charge in [-0.3, -0.25) is 0 Å². The minimum atomic E-state index is -0.0318. The SMILES string of the molecule is CCCC1=CC=CC(C=O)C=C1.[Zn]. The molecule has 1 unspecified atom stereocenters. The summed E-state index contributed by atoms with van der Waals surface area (Å²) in [5.74, 6) is -0.0318. The topological polar surface area (TPSA) is 17.1 Å². The first kappa shape index (κ1) is 12.5. The first-order chi connectivity index (χ1) is 5.86. The Morgan fingerprint density at radius 3 is 2.85 bits per heavy atom. The van der Waals surface area contributed by atoms with Gasteiger partial charge in [0.2, 0.25) is 0 Å². The molecule has 0 saturated heterocycles. The van der Waals surface area contributed by atoms with Crippen molar-refractivity contribution in [1.29, 1.82) is 0 Å². The number of hydrogen-bond donors (Lipinski definition) is 0. The largest absolute Gasteiger partial charge is 0.302 e. The fourth-order valence-electron chi connectivity index (χ4n) is 1.21. The molecule has 1 aliphatic rings. The van der Waals surface area contributed by atoms with Crippen LogP contribution in [0.1, 0.15) is 19.8 Å². The van der Waals surface area contributed by atoms with Crippen molar-refractivity contribution in [2.24, 2.45) is 5.92 Å². The Hall–Kier alpha value is -0.487. The summed E-state index contributed by atoms with van der Waals surface area (Å²) in [5.41, 5.74) is 1.30. The maximum absolute atomic E-state index is 10.5. The summed E-state index contributed by atoms with van der Waals surface area (Å²) in [6.07, 6.45) is 13.1. The summed E-state index contributed by atoms with van der Waals surface area (Å²) in [7, 11) is 0. The third kappa shape index (κ3) is 4.33. The van der Waals surface area contributed by atoms with Crippen LogP contribution in [0.5, 0.6) is 0 Å². The summed E-state index contributed by atoms with van der Waals surface area (Å²) in [4.78, 5) is 10.5. The van der Waals surface area contributed by atoms with Crippen LogP contribution in [-0.4, -0.2) is 6.29 Å². The zero-order chi connectivity index (χ0) is 8.81. The molecule has 1 atom stereocenters. The van der Waals surface area contributed by atoms with Crippen LogP contribution in [0.2, 0.25) is 0 Å². The van der Waals surface area contributed by atoms with E-state index < -0.39 is 0 Å². The molecule has 0 bridgehead atoms. The maximum Gasteiger partial charge on any atom is 0.130 e. The van der Waals surface area contributed by atoms with Crippen molar-refractivity contribution >= 4 is 6.29 Å². The summed E-state index contributed by atoms with van der Waals surface area (Å²) in [6.45, 7) is 2.15. The summed E-state index contributed by atoms with van der Waals surface area (Å²) in [6, 6.07) is 0. The van der Waals surface area contributed by atoms with E-state index in [1.807, 2.05) is 24.3 Å². The van der Waals surface area contributed by atoms with E-state index in [2.05, 4.69) is 13.0 Å². The summed E-state index contributed by atoms with van der Waals surface area (Å²) < 4.78 is 0. The van der Waals surface area contributed by atoms with Gasteiger partial charge in [-0.2, -0.15) is 0 Å². The Morgan fingerprint density at radius 2 is 2.23 bits per heavy atom. The number of allylic oxidation sites excluding steroid dienone is 6. The molecule has 0 heterocycles. The predicted molar refractivity (Wildman–Crippen MR) is 50.8 cm³/mol. The van der Waals surface area contributed by atoms with Gasteiger partial charge < -0.3 is 4.79 Å². The molecule has 0 spiro atoms. The van der Waals surface area contributed by atoms with Crippen molar-refractivity contribution < 1.29 is 24.3 Å². The van der Waals surface area contributed by atoms with Crippen LogP contribution in [0.25, 0.3) is 0 Å². The minimum absolute atomic E-state index is 0. The molecule has 0 aliphatic heterocycles. The second-order valence-corrected chi connectivity index (χ2v) is 2.95. The van der Waals surface area contributed by atoms with Crippen molar-refractivity contribution in [2.75, 3.05) is 0 Å². The molecule has 0 fully saturated rings. The van der Waals surface area contributed by atoms with Crippen molar-refractivity contribution in [3.63, 3.8) is 0 Å². The quantitative estimate of drug-likeness (QED) is 0.535. The van der Waals surface area contributed by atoms with Gasteiger partial charge in [0.1, 0.15) is 6.29 Å². The van der Waals surface area contributed by atoms with E-state index in [-0.39, 0.29) is 25.4 Å². The molecular weight excluding hydrogens is 214 g/mol. The molecule has 0 radical (unpaired) electrons. The van der Waals surface area contributed by atoms with Crippen LogP contribution >= 0.6 is 0 Å². The Labute approximate surface area is 92.4 Å². The van der Waals surface area contributed by atoms with Gasteiger partial charge in [-0.1, -0.05) is 43.7 Å². The molecule has 13 heavy (non-hydrogen) atoms. The van der Waals surface area contributed by atoms with Crippen LogP contribution < -0.4 is 0 Å². The Bertz CT molecular complexity index is 238. The average Bonchev–Trinajstić information content (AvgIpc) is 2.31. The third-order valence-corrected chi connectivity index (χ3v) is 1.87. The monoisotopic (exact) mass is 226 g/mol. The van der Waals surface area contributed by atoms with Crippen LogP contribution in [0.4, 0.5) is 0 Å². The second kappa shape index (κ2) is 6.97. The summed E-state index contributed by atoms with van der Waals surface area (Å²) in [5, 5.41) is 0. The Balaban J connectivity index is 0.00000144. The Morgan fingerprint density at radius 1 is 1.46 bits per heavy atom. The van der Waals surface area contributed by atoms with Gasteiger partial charge >= 0.3 is 0 Å². The second-order valence-electron chi connectivity index (χ2n) is 2.95. The third-order valence-electron chi connectivity index (χ3n) is 1.87. The van der Waals surface area contributed by atoms with Crippen LogP contribution in [0.3, 0.4) is 0 Å². The number of carbonyl (C=O) groups is 1. The van der Waals surface area contributed by atoms with Crippen LogP contribution in [0, 0.1) is 5.92 Å². The van der Waals surface area contributed by atoms with Gasteiger partial charge in [0.05, 0.1) is 5.92 Å². The molecule has 66 valence electrons. The minimum Gasteiger partial charge on any atom is -0.302 e.